The maximum Gasteiger partial charge on any atom is 0.251 e. The van der Waals surface area contributed by atoms with Gasteiger partial charge < -0.3 is 10.1 Å². The lowest BCUT2D eigenvalue weighted by Crippen LogP contribution is -2.52. The summed E-state index contributed by atoms with van der Waals surface area (Å²) in [7, 11) is 1.62. The molecule has 2 amide bonds. The van der Waals surface area contributed by atoms with E-state index in [0.29, 0.717) is 37.0 Å². The lowest BCUT2D eigenvalue weighted by atomic mass is 9.86. The number of carbonyl (C=O) groups excluding carboxylic acids is 3. The van der Waals surface area contributed by atoms with Gasteiger partial charge in [-0.15, -0.1) is 0 Å². The molecule has 8 heteroatoms. The highest BCUT2D eigenvalue weighted by atomic mass is 19.1. The van der Waals surface area contributed by atoms with Crippen LogP contribution >= 0.6 is 0 Å². The fraction of sp³-hybridized carbons (Fsp3) is 0.276. The summed E-state index contributed by atoms with van der Waals surface area (Å²) < 4.78 is 32.3. The summed E-state index contributed by atoms with van der Waals surface area (Å²) in [6.45, 7) is 5.49. The van der Waals surface area contributed by atoms with Crippen molar-refractivity contribution in [3.05, 3.63) is 101 Å². The molecule has 0 aliphatic heterocycles. The number of amides is 2. The van der Waals surface area contributed by atoms with Crippen LogP contribution in [0.15, 0.2) is 66.7 Å². The first-order valence-corrected chi connectivity index (χ1v) is 11.9. The van der Waals surface area contributed by atoms with Crippen LogP contribution in [0.3, 0.4) is 0 Å². The fourth-order valence-electron chi connectivity index (χ4n) is 3.90. The summed E-state index contributed by atoms with van der Waals surface area (Å²) in [5.41, 5.74) is 1.80. The fourth-order valence-corrected chi connectivity index (χ4v) is 3.90. The first kappa shape index (κ1) is 29.3. The summed E-state index contributed by atoms with van der Waals surface area (Å²) in [6.07, 6.45) is 1.44. The SMILES string of the molecule is CCC(NC)(C(=O)NC=O)c1ccc(F)cc1.CCc1cc(OCc2ccccc2)c(F)cc1C(C)=O. The number of hydrogen-bond donors (Lipinski definition) is 2. The van der Waals surface area contributed by atoms with Gasteiger partial charge in [0, 0.05) is 5.56 Å². The molecule has 0 bridgehead atoms. The Kier molecular flexibility index (Phi) is 11.1. The average molecular weight is 511 g/mol. The molecule has 0 radical (unpaired) electrons. The number of Topliss-reactive ketones (excluding diaryl/α,β-unsaturated/α-hetero) is 1. The van der Waals surface area contributed by atoms with Crippen molar-refractivity contribution in [3.63, 3.8) is 0 Å². The van der Waals surface area contributed by atoms with Gasteiger partial charge in [0.2, 0.25) is 6.41 Å². The highest BCUT2D eigenvalue weighted by molar-refractivity contribution is 5.96. The minimum absolute atomic E-state index is 0.129. The van der Waals surface area contributed by atoms with Crippen molar-refractivity contribution in [1.82, 2.24) is 10.6 Å². The maximum atomic E-state index is 14.0. The van der Waals surface area contributed by atoms with Gasteiger partial charge >= 0.3 is 0 Å². The Morgan fingerprint density at radius 3 is 2.16 bits per heavy atom. The van der Waals surface area contributed by atoms with E-state index in [0.717, 1.165) is 11.1 Å². The lowest BCUT2D eigenvalue weighted by Gasteiger charge is -2.30. The predicted octanol–water partition coefficient (Wildman–Crippen LogP) is 5.09. The van der Waals surface area contributed by atoms with Crippen molar-refractivity contribution in [2.45, 2.75) is 45.8 Å². The second kappa shape index (κ2) is 14.0. The molecule has 2 N–H and O–H groups in total. The number of nitrogens with one attached hydrogen (secondary N) is 2. The molecule has 3 aromatic rings. The van der Waals surface area contributed by atoms with E-state index in [9.17, 15) is 23.2 Å². The molecular formula is C29H32F2N2O4. The third-order valence-electron chi connectivity index (χ3n) is 6.03. The van der Waals surface area contributed by atoms with Crippen molar-refractivity contribution >= 4 is 18.1 Å². The van der Waals surface area contributed by atoms with Gasteiger partial charge in [-0.1, -0.05) is 56.3 Å². The molecule has 0 aliphatic carbocycles. The lowest BCUT2D eigenvalue weighted by molar-refractivity contribution is -0.131. The Bertz CT molecular complexity index is 1190. The van der Waals surface area contributed by atoms with E-state index in [1.165, 1.54) is 37.3 Å². The Balaban J connectivity index is 0.000000264. The van der Waals surface area contributed by atoms with Crippen LogP contribution in [0, 0.1) is 11.6 Å². The molecule has 37 heavy (non-hydrogen) atoms. The van der Waals surface area contributed by atoms with Crippen molar-refractivity contribution in [1.29, 1.82) is 0 Å². The minimum Gasteiger partial charge on any atom is -0.486 e. The third kappa shape index (κ3) is 7.54. The molecule has 0 saturated carbocycles. The summed E-state index contributed by atoms with van der Waals surface area (Å²) in [5, 5.41) is 5.02. The predicted molar refractivity (Wildman–Crippen MR) is 138 cm³/mol. The first-order chi connectivity index (χ1) is 17.7. The van der Waals surface area contributed by atoms with E-state index in [2.05, 4.69) is 10.6 Å². The molecule has 3 rings (SSSR count). The van der Waals surface area contributed by atoms with E-state index in [1.807, 2.05) is 44.2 Å². The molecule has 0 heterocycles. The molecule has 196 valence electrons. The zero-order valence-electron chi connectivity index (χ0n) is 21.4. The van der Waals surface area contributed by atoms with Crippen LogP contribution in [-0.4, -0.2) is 25.1 Å². The molecular weight excluding hydrogens is 478 g/mol. The van der Waals surface area contributed by atoms with E-state index in [1.54, 1.807) is 13.1 Å². The maximum absolute atomic E-state index is 14.0. The molecule has 0 spiro atoms. The van der Waals surface area contributed by atoms with Crippen LogP contribution in [0.1, 0.15) is 54.2 Å². The monoisotopic (exact) mass is 510 g/mol. The number of ether oxygens (including phenoxy) is 1. The van der Waals surface area contributed by atoms with Crippen molar-refractivity contribution in [3.8, 4) is 5.75 Å². The summed E-state index contributed by atoms with van der Waals surface area (Å²) in [6, 6.07) is 18.1. The molecule has 6 nitrogen and oxygen atoms in total. The highest BCUT2D eigenvalue weighted by Gasteiger charge is 2.36. The number of halogens is 2. The number of benzene rings is 3. The Morgan fingerprint density at radius 1 is 1.00 bits per heavy atom. The molecule has 0 fully saturated rings. The Morgan fingerprint density at radius 2 is 1.65 bits per heavy atom. The summed E-state index contributed by atoms with van der Waals surface area (Å²) in [5.74, 6) is -1.26. The van der Waals surface area contributed by atoms with Gasteiger partial charge in [-0.3, -0.25) is 19.7 Å². The molecule has 0 saturated heterocycles. The smallest absolute Gasteiger partial charge is 0.251 e. The van der Waals surface area contributed by atoms with Gasteiger partial charge in [0.25, 0.3) is 5.91 Å². The standard InChI is InChI=1S/C17H17FO2.C12H15FN2O2/c1-3-14-9-17(16(18)10-15(14)12(2)19)20-11-13-7-5-4-6-8-13;1-3-12(14-2,11(17)15-8-16)9-4-6-10(13)7-5-9/h4-10H,3,11H2,1-2H3;4-8,14H,3H2,1-2H3,(H,15,16,17). The second-order valence-corrected chi connectivity index (χ2v) is 8.23. The number of aryl methyl sites for hydroxylation is 1. The van der Waals surface area contributed by atoms with E-state index in [-0.39, 0.29) is 17.3 Å². The zero-order chi connectivity index (χ0) is 27.4. The minimum atomic E-state index is -1.02. The molecule has 0 aromatic heterocycles. The zero-order valence-corrected chi connectivity index (χ0v) is 21.4. The van der Waals surface area contributed by atoms with Crippen LogP contribution in [-0.2, 0) is 28.2 Å². The first-order valence-electron chi connectivity index (χ1n) is 11.9. The normalized spacial score (nSPS) is 11.9. The Labute approximate surface area is 216 Å². The van der Waals surface area contributed by atoms with Gasteiger partial charge in [-0.25, -0.2) is 8.78 Å². The van der Waals surface area contributed by atoms with Crippen molar-refractivity contribution in [2.75, 3.05) is 7.05 Å². The van der Waals surface area contributed by atoms with Crippen LogP contribution in [0.5, 0.6) is 5.75 Å². The van der Waals surface area contributed by atoms with E-state index < -0.39 is 17.3 Å². The third-order valence-corrected chi connectivity index (χ3v) is 6.03. The number of rotatable bonds is 10. The highest BCUT2D eigenvalue weighted by Crippen LogP contribution is 2.26. The van der Waals surface area contributed by atoms with Crippen LogP contribution < -0.4 is 15.4 Å². The average Bonchev–Trinajstić information content (AvgIpc) is 2.91. The molecule has 1 unspecified atom stereocenters. The largest absolute Gasteiger partial charge is 0.486 e. The van der Waals surface area contributed by atoms with Gasteiger partial charge in [0.1, 0.15) is 18.0 Å². The molecule has 3 aromatic carbocycles. The number of likely N-dealkylation sites (N-methyl/N-ethyl adjacent to an activating group) is 1. The number of carbonyl (C=O) groups is 3. The van der Waals surface area contributed by atoms with Crippen LogP contribution in [0.2, 0.25) is 0 Å². The van der Waals surface area contributed by atoms with Crippen molar-refractivity contribution in [2.24, 2.45) is 0 Å². The van der Waals surface area contributed by atoms with E-state index in [4.69, 9.17) is 4.74 Å². The summed E-state index contributed by atoms with van der Waals surface area (Å²) >= 11 is 0. The quantitative estimate of drug-likeness (QED) is 0.293. The van der Waals surface area contributed by atoms with Crippen LogP contribution in [0.25, 0.3) is 0 Å². The second-order valence-electron chi connectivity index (χ2n) is 8.23. The van der Waals surface area contributed by atoms with Gasteiger partial charge in [0.05, 0.1) is 0 Å². The number of imide groups is 1. The number of ketones is 1. The van der Waals surface area contributed by atoms with Gasteiger partial charge in [0.15, 0.2) is 17.3 Å². The van der Waals surface area contributed by atoms with E-state index >= 15 is 0 Å². The van der Waals surface area contributed by atoms with Crippen LogP contribution in [0.4, 0.5) is 8.78 Å². The topological polar surface area (TPSA) is 84.5 Å². The Hall–Kier alpha value is -3.91. The molecule has 1 atom stereocenters. The van der Waals surface area contributed by atoms with Gasteiger partial charge in [-0.2, -0.15) is 0 Å². The van der Waals surface area contributed by atoms with Crippen molar-refractivity contribution < 1.29 is 27.9 Å². The summed E-state index contributed by atoms with van der Waals surface area (Å²) in [4.78, 5) is 33.7. The molecule has 0 aliphatic rings. The van der Waals surface area contributed by atoms with Gasteiger partial charge in [-0.05, 0) is 67.8 Å². The number of hydrogen-bond acceptors (Lipinski definition) is 5.